The van der Waals surface area contributed by atoms with Crippen LogP contribution in [0.3, 0.4) is 0 Å². The Labute approximate surface area is 181 Å². The normalized spacial score (nSPS) is 14.8. The van der Waals surface area contributed by atoms with Crippen molar-refractivity contribution in [2.75, 3.05) is 12.3 Å². The van der Waals surface area contributed by atoms with E-state index in [1.807, 2.05) is 18.2 Å². The van der Waals surface area contributed by atoms with E-state index < -0.39 is 0 Å². The minimum atomic E-state index is -0.344. The molecule has 154 valence electrons. The number of aromatic nitrogens is 1. The van der Waals surface area contributed by atoms with Crippen molar-refractivity contribution in [1.29, 1.82) is 0 Å². The highest BCUT2D eigenvalue weighted by Crippen LogP contribution is 2.42. The van der Waals surface area contributed by atoms with Gasteiger partial charge in [-0.05, 0) is 43.3 Å². The lowest BCUT2D eigenvalue weighted by molar-refractivity contribution is -0.118. The van der Waals surface area contributed by atoms with Crippen LogP contribution in [0.5, 0.6) is 5.75 Å². The third-order valence-corrected chi connectivity index (χ3v) is 6.86. The lowest BCUT2D eigenvalue weighted by atomic mass is 10.0. The van der Waals surface area contributed by atoms with E-state index in [2.05, 4.69) is 10.3 Å². The highest BCUT2D eigenvalue weighted by molar-refractivity contribution is 8.00. The van der Waals surface area contributed by atoms with E-state index in [-0.39, 0.29) is 23.6 Å². The van der Waals surface area contributed by atoms with E-state index in [9.17, 15) is 14.0 Å². The van der Waals surface area contributed by atoms with Crippen LogP contribution in [0.15, 0.2) is 53.7 Å². The van der Waals surface area contributed by atoms with Crippen LogP contribution < -0.4 is 10.1 Å². The topological polar surface area (TPSA) is 68.3 Å². The standard InChI is InChI=1S/C22H19FN2O3S2/c1-13(26)19-2-3-20(30-19)18-10-15(23)8-14-9-16(28-22(14)18)11-25-21(27)12-29-17-4-6-24-7-5-17/h2-8,10,16H,9,11-12H2,1H3,(H,25,27). The number of pyridine rings is 1. The monoisotopic (exact) mass is 442 g/mol. The number of nitrogens with zero attached hydrogens (tertiary/aromatic N) is 1. The van der Waals surface area contributed by atoms with Gasteiger partial charge in [-0.2, -0.15) is 0 Å². The van der Waals surface area contributed by atoms with Crippen LogP contribution in [-0.2, 0) is 11.2 Å². The number of benzene rings is 1. The van der Waals surface area contributed by atoms with Gasteiger partial charge in [0.15, 0.2) is 5.78 Å². The molecular weight excluding hydrogens is 423 g/mol. The Morgan fingerprint density at radius 3 is 2.80 bits per heavy atom. The number of carbonyl (C=O) groups is 2. The molecule has 0 fully saturated rings. The third-order valence-electron chi connectivity index (χ3n) is 4.63. The van der Waals surface area contributed by atoms with E-state index in [1.54, 1.807) is 18.5 Å². The molecule has 1 amide bonds. The molecule has 30 heavy (non-hydrogen) atoms. The number of Topliss-reactive ketones (excluding diaryl/α,β-unsaturated/α-hetero) is 1. The fourth-order valence-corrected chi connectivity index (χ4v) is 4.85. The van der Waals surface area contributed by atoms with Crippen LogP contribution in [0.4, 0.5) is 4.39 Å². The summed E-state index contributed by atoms with van der Waals surface area (Å²) in [4.78, 5) is 30.1. The smallest absolute Gasteiger partial charge is 0.230 e. The molecule has 3 aromatic rings. The first-order valence-electron chi connectivity index (χ1n) is 9.39. The average Bonchev–Trinajstić information content (AvgIpc) is 3.38. The lowest BCUT2D eigenvalue weighted by Gasteiger charge is -2.13. The molecule has 1 aliphatic rings. The van der Waals surface area contributed by atoms with E-state index >= 15 is 0 Å². The van der Waals surface area contributed by atoms with E-state index in [1.165, 1.54) is 42.2 Å². The summed E-state index contributed by atoms with van der Waals surface area (Å²) >= 11 is 2.76. The summed E-state index contributed by atoms with van der Waals surface area (Å²) in [5.41, 5.74) is 1.41. The summed E-state index contributed by atoms with van der Waals surface area (Å²) in [7, 11) is 0. The molecule has 0 bridgehead atoms. The number of thiophene rings is 1. The minimum absolute atomic E-state index is 0.0227. The number of halogens is 1. The predicted octanol–water partition coefficient (Wildman–Crippen LogP) is 4.36. The van der Waals surface area contributed by atoms with Gasteiger partial charge in [-0.1, -0.05) is 0 Å². The summed E-state index contributed by atoms with van der Waals surface area (Å²) in [6.45, 7) is 1.85. The van der Waals surface area contributed by atoms with Gasteiger partial charge in [-0.25, -0.2) is 4.39 Å². The van der Waals surface area contributed by atoms with Crippen LogP contribution >= 0.6 is 23.1 Å². The number of fused-ring (bicyclic) bond motifs is 1. The van der Waals surface area contributed by atoms with Crippen LogP contribution in [0, 0.1) is 5.82 Å². The highest BCUT2D eigenvalue weighted by atomic mass is 32.2. The second-order valence-corrected chi connectivity index (χ2v) is 9.01. The molecule has 0 saturated heterocycles. The number of ketones is 1. The second-order valence-electron chi connectivity index (χ2n) is 6.88. The summed E-state index contributed by atoms with van der Waals surface area (Å²) in [6, 6.07) is 10.2. The number of hydrogen-bond donors (Lipinski definition) is 1. The van der Waals surface area contributed by atoms with Crippen LogP contribution in [-0.4, -0.2) is 35.1 Å². The maximum Gasteiger partial charge on any atom is 0.230 e. The zero-order valence-electron chi connectivity index (χ0n) is 16.2. The molecule has 1 atom stereocenters. The van der Waals surface area contributed by atoms with Gasteiger partial charge >= 0.3 is 0 Å². The number of amides is 1. The molecule has 3 heterocycles. The largest absolute Gasteiger partial charge is 0.487 e. The molecule has 5 nitrogen and oxygen atoms in total. The van der Waals surface area contributed by atoms with Crippen molar-refractivity contribution in [3.05, 3.63) is 65.0 Å². The van der Waals surface area contributed by atoms with Gasteiger partial charge in [0, 0.05) is 39.7 Å². The van der Waals surface area contributed by atoms with Crippen molar-refractivity contribution in [1.82, 2.24) is 10.3 Å². The molecule has 1 aromatic carbocycles. The maximum atomic E-state index is 14.2. The second kappa shape index (κ2) is 8.97. The lowest BCUT2D eigenvalue weighted by Crippen LogP contribution is -2.35. The fourth-order valence-electron chi connectivity index (χ4n) is 3.23. The summed E-state index contributed by atoms with van der Waals surface area (Å²) in [6.07, 6.45) is 3.63. The third kappa shape index (κ3) is 4.71. The Morgan fingerprint density at radius 1 is 1.27 bits per heavy atom. The molecule has 0 spiro atoms. The molecular formula is C22H19FN2O3S2. The number of carbonyl (C=O) groups excluding carboxylic acids is 2. The quantitative estimate of drug-likeness (QED) is 0.435. The van der Waals surface area contributed by atoms with Gasteiger partial charge in [0.2, 0.25) is 5.91 Å². The van der Waals surface area contributed by atoms with Crippen LogP contribution in [0.1, 0.15) is 22.2 Å². The Bertz CT molecular complexity index is 1090. The molecule has 8 heteroatoms. The number of rotatable bonds is 7. The van der Waals surface area contributed by atoms with Crippen molar-refractivity contribution in [3.8, 4) is 16.2 Å². The van der Waals surface area contributed by atoms with Gasteiger partial charge in [-0.15, -0.1) is 23.1 Å². The number of hydrogen-bond acceptors (Lipinski definition) is 6. The highest BCUT2D eigenvalue weighted by Gasteiger charge is 2.28. The van der Waals surface area contributed by atoms with Gasteiger partial charge in [-0.3, -0.25) is 14.6 Å². The van der Waals surface area contributed by atoms with Crippen molar-refractivity contribution in [3.63, 3.8) is 0 Å². The molecule has 1 unspecified atom stereocenters. The Morgan fingerprint density at radius 2 is 2.07 bits per heavy atom. The van der Waals surface area contributed by atoms with Crippen molar-refractivity contribution >= 4 is 34.8 Å². The average molecular weight is 443 g/mol. The zero-order chi connectivity index (χ0) is 21.1. The van der Waals surface area contributed by atoms with Gasteiger partial charge in [0.25, 0.3) is 0 Å². The molecule has 1 aliphatic heterocycles. The molecule has 1 N–H and O–H groups in total. The van der Waals surface area contributed by atoms with E-state index in [0.29, 0.717) is 34.9 Å². The van der Waals surface area contributed by atoms with E-state index in [0.717, 1.165) is 15.3 Å². The number of ether oxygens (including phenoxy) is 1. The Hall–Kier alpha value is -2.71. The van der Waals surface area contributed by atoms with Crippen molar-refractivity contribution < 1.29 is 18.7 Å². The Balaban J connectivity index is 1.39. The first-order chi connectivity index (χ1) is 14.5. The summed E-state index contributed by atoms with van der Waals surface area (Å²) in [5.74, 6) is 0.465. The minimum Gasteiger partial charge on any atom is -0.487 e. The van der Waals surface area contributed by atoms with Gasteiger partial charge < -0.3 is 10.1 Å². The summed E-state index contributed by atoms with van der Waals surface area (Å²) < 4.78 is 20.2. The molecule has 0 aliphatic carbocycles. The fraction of sp³-hybridized carbons (Fsp3) is 0.227. The first kappa shape index (κ1) is 20.6. The Kier molecular flexibility index (Phi) is 6.15. The molecule has 2 aromatic heterocycles. The number of nitrogens with one attached hydrogen (secondary N) is 1. The summed E-state index contributed by atoms with van der Waals surface area (Å²) in [5, 5.41) is 2.89. The molecule has 4 rings (SSSR count). The molecule has 0 saturated carbocycles. The van der Waals surface area contributed by atoms with Gasteiger partial charge in [0.05, 0.1) is 17.2 Å². The van der Waals surface area contributed by atoms with Crippen molar-refractivity contribution in [2.24, 2.45) is 0 Å². The molecule has 0 radical (unpaired) electrons. The van der Waals surface area contributed by atoms with Crippen LogP contribution in [0.2, 0.25) is 0 Å². The predicted molar refractivity (Wildman–Crippen MR) is 116 cm³/mol. The van der Waals surface area contributed by atoms with Crippen LogP contribution in [0.25, 0.3) is 10.4 Å². The number of thioether (sulfide) groups is 1. The SMILES string of the molecule is CC(=O)c1ccc(-c2cc(F)cc3c2OC(CNC(=O)CSc2ccncc2)C3)s1. The maximum absolute atomic E-state index is 14.2. The van der Waals surface area contributed by atoms with Gasteiger partial charge in [0.1, 0.15) is 17.7 Å². The first-order valence-corrected chi connectivity index (χ1v) is 11.2. The zero-order valence-corrected chi connectivity index (χ0v) is 17.8. The van der Waals surface area contributed by atoms with E-state index in [4.69, 9.17) is 4.74 Å². The van der Waals surface area contributed by atoms with Crippen molar-refractivity contribution in [2.45, 2.75) is 24.3 Å².